The van der Waals surface area contributed by atoms with Gasteiger partial charge in [0.1, 0.15) is 14.7 Å². The van der Waals surface area contributed by atoms with Crippen molar-refractivity contribution in [2.75, 3.05) is 10.6 Å². The molecule has 6 N–H and O–H groups in total. The number of rotatable bonds is 13. The van der Waals surface area contributed by atoms with E-state index in [1.807, 2.05) is 0 Å². The third-order valence-corrected chi connectivity index (χ3v) is 13.4. The van der Waals surface area contributed by atoms with Crippen LogP contribution in [0.5, 0.6) is 0 Å². The predicted molar refractivity (Wildman–Crippen MR) is 209 cm³/mol. The lowest BCUT2D eigenvalue weighted by atomic mass is 10.1. The molecule has 0 saturated carbocycles. The van der Waals surface area contributed by atoms with Gasteiger partial charge in [-0.1, -0.05) is 30.3 Å². The van der Waals surface area contributed by atoms with Gasteiger partial charge in [-0.15, -0.1) is 5.11 Å². The van der Waals surface area contributed by atoms with Gasteiger partial charge in [-0.25, -0.2) is 12.6 Å². The second-order valence-electron chi connectivity index (χ2n) is 11.9. The van der Waals surface area contributed by atoms with E-state index in [4.69, 9.17) is 16.2 Å². The monoisotopic (exact) mass is 929 g/mol. The molecule has 22 nitrogen and oxygen atoms in total. The SMILES string of the molecule is CC(OS(=O)(=O)O)S(=O)(=O)c1cccc(Nc2nc(Cl)nc(Nc3ccc(N=Nc4cc(S(=O)(=O)O)c5cccc(S(=O)(=O)O)c5c4)c4cccc(S(=O)(=O)O)c34)n2)c1. The standard InChI is InChI=1S/C31H24ClN7O15S5/c1-16(54-59(51,52)53)55(40,41)19-6-2-5-17(13-19)33-30-35-29(32)36-31(37-30)34-24-12-11-23(21-8-4-10-26(28(21)24)57(45,46)47)39-38-18-14-22-20(27(15-18)58(48,49)50)7-3-9-25(22)56(42,43)44/h2-16H,1H3,(H,42,43,44)(H,45,46,47)(H,48,49,50)(H,51,52,53)(H2,33,34,35,36,37). The molecule has 28 heteroatoms. The molecule has 6 aromatic rings. The van der Waals surface area contributed by atoms with Crippen molar-refractivity contribution in [3.05, 3.63) is 90.2 Å². The van der Waals surface area contributed by atoms with E-state index in [1.165, 1.54) is 42.5 Å². The summed E-state index contributed by atoms with van der Waals surface area (Å²) in [6.45, 7) is 0.886. The summed E-state index contributed by atoms with van der Waals surface area (Å²) in [6.07, 6.45) is 0. The first-order valence-electron chi connectivity index (χ1n) is 15.7. The summed E-state index contributed by atoms with van der Waals surface area (Å²) in [5.74, 6) is -0.610. The Morgan fingerprint density at radius 3 is 1.85 bits per heavy atom. The molecule has 0 radical (unpaired) electrons. The number of anilines is 4. The average Bonchev–Trinajstić information content (AvgIpc) is 3.11. The van der Waals surface area contributed by atoms with Gasteiger partial charge in [0.05, 0.1) is 22.0 Å². The molecule has 310 valence electrons. The number of aromatic nitrogens is 3. The van der Waals surface area contributed by atoms with Crippen LogP contribution >= 0.6 is 11.6 Å². The Labute approximate surface area is 339 Å². The van der Waals surface area contributed by atoms with E-state index >= 15 is 0 Å². The highest BCUT2D eigenvalue weighted by atomic mass is 35.5. The first-order chi connectivity index (χ1) is 27.3. The van der Waals surface area contributed by atoms with Crippen LogP contribution < -0.4 is 10.6 Å². The van der Waals surface area contributed by atoms with E-state index in [-0.39, 0.29) is 56.2 Å². The van der Waals surface area contributed by atoms with Crippen LogP contribution in [0.3, 0.4) is 0 Å². The lowest BCUT2D eigenvalue weighted by Gasteiger charge is -2.14. The van der Waals surface area contributed by atoms with Crippen LogP contribution in [0.1, 0.15) is 6.92 Å². The van der Waals surface area contributed by atoms with Crippen molar-refractivity contribution < 1.29 is 64.5 Å². The van der Waals surface area contributed by atoms with Gasteiger partial charge in [0.25, 0.3) is 30.4 Å². The van der Waals surface area contributed by atoms with Crippen LogP contribution in [0.25, 0.3) is 21.5 Å². The minimum atomic E-state index is -5.12. The van der Waals surface area contributed by atoms with Crippen LogP contribution in [0.2, 0.25) is 5.28 Å². The number of nitrogens with one attached hydrogen (secondary N) is 2. The van der Waals surface area contributed by atoms with Crippen LogP contribution in [-0.4, -0.2) is 80.7 Å². The van der Waals surface area contributed by atoms with Crippen molar-refractivity contribution in [2.24, 2.45) is 10.2 Å². The Hall–Kier alpha value is -5.33. The highest BCUT2D eigenvalue weighted by molar-refractivity contribution is 7.92. The molecule has 1 heterocycles. The maximum absolute atomic E-state index is 12.9. The third-order valence-electron chi connectivity index (χ3n) is 7.96. The smallest absolute Gasteiger partial charge is 0.324 e. The van der Waals surface area contributed by atoms with Gasteiger partial charge in [-0.05, 0) is 73.1 Å². The Morgan fingerprint density at radius 2 is 1.22 bits per heavy atom. The Kier molecular flexibility index (Phi) is 11.5. The second-order valence-corrected chi connectivity index (χ2v) is 19.7. The molecule has 0 fully saturated rings. The van der Waals surface area contributed by atoms with Gasteiger partial charge in [0, 0.05) is 27.2 Å². The molecule has 0 aliphatic carbocycles. The lowest BCUT2D eigenvalue weighted by molar-refractivity contribution is 0.251. The molecule has 6 rings (SSSR count). The summed E-state index contributed by atoms with van der Waals surface area (Å²) >= 11 is 6.15. The quantitative estimate of drug-likeness (QED) is 0.0622. The summed E-state index contributed by atoms with van der Waals surface area (Å²) in [5.41, 5.74) is -2.46. The number of hydrogen-bond acceptors (Lipinski definition) is 18. The molecule has 1 atom stereocenters. The third kappa shape index (κ3) is 9.77. The van der Waals surface area contributed by atoms with E-state index in [0.29, 0.717) is 0 Å². The van der Waals surface area contributed by atoms with E-state index in [0.717, 1.165) is 49.4 Å². The first-order valence-corrected chi connectivity index (χ1v) is 23.3. The first kappa shape index (κ1) is 43.3. The summed E-state index contributed by atoms with van der Waals surface area (Å²) in [4.78, 5) is 9.54. The van der Waals surface area contributed by atoms with Crippen LogP contribution in [0, 0.1) is 0 Å². The van der Waals surface area contributed by atoms with E-state index in [2.05, 4.69) is 40.0 Å². The minimum Gasteiger partial charge on any atom is -0.324 e. The topological polar surface area (TPSA) is 348 Å². The Bertz CT molecular complexity index is 3320. The van der Waals surface area contributed by atoms with Gasteiger partial charge < -0.3 is 10.6 Å². The van der Waals surface area contributed by atoms with Gasteiger partial charge in [-0.2, -0.15) is 53.7 Å². The zero-order valence-electron chi connectivity index (χ0n) is 29.1. The molecule has 0 aliphatic heterocycles. The number of nitrogens with zero attached hydrogens (tertiary/aromatic N) is 5. The van der Waals surface area contributed by atoms with Crippen molar-refractivity contribution in [2.45, 2.75) is 31.9 Å². The van der Waals surface area contributed by atoms with Crippen molar-refractivity contribution in [3.63, 3.8) is 0 Å². The molecule has 0 saturated heterocycles. The number of benzene rings is 5. The van der Waals surface area contributed by atoms with Crippen LogP contribution in [0.15, 0.2) is 115 Å². The van der Waals surface area contributed by atoms with Crippen molar-refractivity contribution in [1.29, 1.82) is 0 Å². The number of halogens is 1. The second kappa shape index (κ2) is 15.7. The number of hydrogen-bond donors (Lipinski definition) is 6. The molecule has 5 aromatic carbocycles. The molecule has 0 bridgehead atoms. The van der Waals surface area contributed by atoms with E-state index in [1.54, 1.807) is 0 Å². The average molecular weight is 930 g/mol. The zero-order valence-corrected chi connectivity index (χ0v) is 33.9. The fourth-order valence-corrected chi connectivity index (χ4v) is 9.87. The summed E-state index contributed by atoms with van der Waals surface area (Å²) in [7, 11) is -24.5. The molecular weight excluding hydrogens is 906 g/mol. The van der Waals surface area contributed by atoms with E-state index < -0.39 is 80.9 Å². The largest absolute Gasteiger partial charge is 0.398 e. The fraction of sp³-hybridized carbons (Fsp3) is 0.0645. The molecule has 0 aliphatic rings. The molecule has 1 unspecified atom stereocenters. The molecule has 0 amide bonds. The lowest BCUT2D eigenvalue weighted by Crippen LogP contribution is -2.24. The highest BCUT2D eigenvalue weighted by Crippen LogP contribution is 2.39. The van der Waals surface area contributed by atoms with Crippen molar-refractivity contribution >= 4 is 118 Å². The normalized spacial score (nSPS) is 13.5. The highest BCUT2D eigenvalue weighted by Gasteiger charge is 2.29. The zero-order chi connectivity index (χ0) is 43.3. The maximum Gasteiger partial charge on any atom is 0.398 e. The van der Waals surface area contributed by atoms with Crippen molar-refractivity contribution in [3.8, 4) is 0 Å². The fourth-order valence-electron chi connectivity index (χ4n) is 5.56. The molecule has 59 heavy (non-hydrogen) atoms. The Balaban J connectivity index is 1.40. The van der Waals surface area contributed by atoms with Gasteiger partial charge in [0.2, 0.25) is 27.0 Å². The molecular formula is C31H24ClN7O15S5. The van der Waals surface area contributed by atoms with Crippen molar-refractivity contribution in [1.82, 2.24) is 15.0 Å². The predicted octanol–water partition coefficient (Wildman–Crippen LogP) is 5.41. The number of fused-ring (bicyclic) bond motifs is 2. The Morgan fingerprint density at radius 1 is 0.627 bits per heavy atom. The molecule has 0 spiro atoms. The van der Waals surface area contributed by atoms with Crippen LogP contribution in [0.4, 0.5) is 34.6 Å². The number of sulfone groups is 1. The van der Waals surface area contributed by atoms with E-state index in [9.17, 15) is 55.7 Å². The minimum absolute atomic E-state index is 0.00650. The summed E-state index contributed by atoms with van der Waals surface area (Å²) in [5, 5.41) is 12.3. The van der Waals surface area contributed by atoms with Crippen LogP contribution in [-0.2, 0) is 54.8 Å². The summed E-state index contributed by atoms with van der Waals surface area (Å²) in [6, 6.07) is 16.4. The number of azo groups is 1. The summed E-state index contributed by atoms with van der Waals surface area (Å²) < 4.78 is 165. The maximum atomic E-state index is 12.9. The van der Waals surface area contributed by atoms with Gasteiger partial charge in [0.15, 0.2) is 5.44 Å². The van der Waals surface area contributed by atoms with Gasteiger partial charge >= 0.3 is 10.4 Å². The molecule has 1 aromatic heterocycles. The van der Waals surface area contributed by atoms with Gasteiger partial charge in [-0.3, -0.25) is 18.2 Å².